The highest BCUT2D eigenvalue weighted by molar-refractivity contribution is 7.92. The first-order chi connectivity index (χ1) is 17.8. The zero-order chi connectivity index (χ0) is 25.7. The molecule has 0 unspecified atom stereocenters. The van der Waals surface area contributed by atoms with Crippen LogP contribution in [0.1, 0.15) is 21.7 Å². The number of hydrogen-bond donors (Lipinski definition) is 1. The van der Waals surface area contributed by atoms with Gasteiger partial charge in [0.05, 0.1) is 32.7 Å². The largest absolute Gasteiger partial charge is 0.480 e. The van der Waals surface area contributed by atoms with Crippen LogP contribution in [0.25, 0.3) is 31.2 Å². The van der Waals surface area contributed by atoms with E-state index in [0.717, 1.165) is 48.7 Å². The lowest BCUT2D eigenvalue weighted by Gasteiger charge is -2.13. The van der Waals surface area contributed by atoms with Gasteiger partial charge in [0.25, 0.3) is 10.0 Å². The number of aryl methyl sites for hydroxylation is 1. The van der Waals surface area contributed by atoms with Crippen molar-refractivity contribution in [1.82, 2.24) is 15.0 Å². The first-order valence-corrected chi connectivity index (χ1v) is 14.2. The maximum Gasteiger partial charge on any atom is 0.262 e. The van der Waals surface area contributed by atoms with Gasteiger partial charge in [0.2, 0.25) is 5.88 Å². The third-order valence-corrected chi connectivity index (χ3v) is 9.62. The van der Waals surface area contributed by atoms with E-state index in [1.54, 1.807) is 12.3 Å². The Morgan fingerprint density at radius 2 is 1.86 bits per heavy atom. The first kappa shape index (κ1) is 23.6. The molecule has 1 aliphatic rings. The summed E-state index contributed by atoms with van der Waals surface area (Å²) in [5.41, 5.74) is 1.99. The molecule has 4 aromatic heterocycles. The summed E-state index contributed by atoms with van der Waals surface area (Å²) >= 11 is 2.97. The SMILES string of the molecule is COc1ncc2cc1NS(=O)(=O)c1ccc(F)c(c1)C(=O)CCc1ccc(s1)-c1ncnc3cc-2sc13. The van der Waals surface area contributed by atoms with Crippen molar-refractivity contribution in [1.29, 1.82) is 0 Å². The van der Waals surface area contributed by atoms with Crippen LogP contribution in [0.3, 0.4) is 0 Å². The number of aromatic nitrogens is 3. The maximum absolute atomic E-state index is 14.6. The number of methoxy groups -OCH3 is 1. The highest BCUT2D eigenvalue weighted by Crippen LogP contribution is 2.41. The number of fused-ring (bicyclic) bond motifs is 9. The van der Waals surface area contributed by atoms with Crippen LogP contribution in [0.2, 0.25) is 0 Å². The second kappa shape index (κ2) is 8.98. The molecule has 0 spiro atoms. The topological polar surface area (TPSA) is 111 Å². The quantitative estimate of drug-likeness (QED) is 0.290. The molecule has 8 bridgehead atoms. The summed E-state index contributed by atoms with van der Waals surface area (Å²) in [4.78, 5) is 28.5. The third-order valence-electron chi connectivity index (χ3n) is 5.93. The van der Waals surface area contributed by atoms with E-state index in [4.69, 9.17) is 4.74 Å². The van der Waals surface area contributed by atoms with E-state index in [9.17, 15) is 17.6 Å². The van der Waals surface area contributed by atoms with Crippen LogP contribution in [-0.2, 0) is 16.4 Å². The van der Waals surface area contributed by atoms with Crippen molar-refractivity contribution in [2.75, 3.05) is 11.8 Å². The maximum atomic E-state index is 14.6. The zero-order valence-electron chi connectivity index (χ0n) is 19.2. The minimum absolute atomic E-state index is 0.0237. The Hall–Kier alpha value is -3.74. The number of pyridine rings is 1. The number of carbonyl (C=O) groups excluding carboxylic acids is 1. The van der Waals surface area contributed by atoms with Gasteiger partial charge in [-0.3, -0.25) is 9.52 Å². The van der Waals surface area contributed by atoms with Gasteiger partial charge in [-0.1, -0.05) is 0 Å². The Bertz CT molecular complexity index is 1810. The number of ether oxygens (including phenoxy) is 1. The number of halogens is 1. The summed E-state index contributed by atoms with van der Waals surface area (Å²) in [5.74, 6) is -1.20. The highest BCUT2D eigenvalue weighted by atomic mass is 32.2. The number of thiophene rings is 2. The van der Waals surface area contributed by atoms with Crippen molar-refractivity contribution in [2.45, 2.75) is 17.7 Å². The van der Waals surface area contributed by atoms with Crippen LogP contribution >= 0.6 is 22.7 Å². The zero-order valence-corrected chi connectivity index (χ0v) is 21.6. The van der Waals surface area contributed by atoms with Crippen molar-refractivity contribution in [3.63, 3.8) is 0 Å². The van der Waals surface area contributed by atoms with Crippen molar-refractivity contribution in [3.8, 4) is 26.9 Å². The number of Topliss-reactive ketones (excluding diaryl/α,β-unsaturated/α-hetero) is 1. The third kappa shape index (κ3) is 4.26. The standard InChI is InChI=1S/C25H17FN4O4S3/c1-34-25-19-8-13(11-27-25)22-10-18-24(36-22)23(29-12-28-18)21-7-3-14(35-21)2-6-20(31)16-9-15(4-5-17(16)26)37(32,33)30-19/h3-5,7-12,30H,2,6H2,1H3. The van der Waals surface area contributed by atoms with E-state index >= 15 is 0 Å². The van der Waals surface area contributed by atoms with Crippen LogP contribution < -0.4 is 9.46 Å². The number of carbonyl (C=O) groups is 1. The number of sulfonamides is 1. The lowest BCUT2D eigenvalue weighted by Crippen LogP contribution is -2.15. The molecule has 5 heterocycles. The van der Waals surface area contributed by atoms with Crippen molar-refractivity contribution < 1.29 is 22.3 Å². The van der Waals surface area contributed by atoms with Gasteiger partial charge >= 0.3 is 0 Å². The highest BCUT2D eigenvalue weighted by Gasteiger charge is 2.23. The number of benzene rings is 1. The lowest BCUT2D eigenvalue weighted by atomic mass is 10.1. The van der Waals surface area contributed by atoms with Gasteiger partial charge in [-0.25, -0.2) is 27.8 Å². The van der Waals surface area contributed by atoms with Gasteiger partial charge in [0.15, 0.2) is 5.78 Å². The summed E-state index contributed by atoms with van der Waals surface area (Å²) in [6, 6.07) is 10.6. The van der Waals surface area contributed by atoms with E-state index in [1.165, 1.54) is 36.1 Å². The molecular weight excluding hydrogens is 535 g/mol. The van der Waals surface area contributed by atoms with Crippen LogP contribution in [0.4, 0.5) is 10.1 Å². The van der Waals surface area contributed by atoms with E-state index in [-0.39, 0.29) is 28.4 Å². The molecule has 0 amide bonds. The predicted molar refractivity (Wildman–Crippen MR) is 140 cm³/mol. The van der Waals surface area contributed by atoms with E-state index < -0.39 is 21.6 Å². The molecule has 37 heavy (non-hydrogen) atoms. The van der Waals surface area contributed by atoms with Crippen LogP contribution in [-0.4, -0.2) is 36.3 Å². The molecule has 5 aromatic rings. The lowest BCUT2D eigenvalue weighted by molar-refractivity contribution is 0.0979. The van der Waals surface area contributed by atoms with Gasteiger partial charge in [0, 0.05) is 27.9 Å². The average Bonchev–Trinajstić information content (AvgIpc) is 3.54. The van der Waals surface area contributed by atoms with Crippen molar-refractivity contribution in [3.05, 3.63) is 71.2 Å². The number of anilines is 1. The Morgan fingerprint density at radius 3 is 2.70 bits per heavy atom. The summed E-state index contributed by atoms with van der Waals surface area (Å²) in [5, 5.41) is 0. The molecular formula is C25H17FN4O4S3. The minimum Gasteiger partial charge on any atom is -0.480 e. The second-order valence-corrected chi connectivity index (χ2v) is 12.2. The van der Waals surface area contributed by atoms with Crippen LogP contribution in [0.5, 0.6) is 5.88 Å². The van der Waals surface area contributed by atoms with Gasteiger partial charge in [-0.2, -0.15) is 0 Å². The molecule has 0 radical (unpaired) electrons. The number of nitrogens with zero attached hydrogens (tertiary/aromatic N) is 3. The summed E-state index contributed by atoms with van der Waals surface area (Å²) in [6.07, 6.45) is 3.50. The molecule has 12 heteroatoms. The molecule has 1 aliphatic heterocycles. The van der Waals surface area contributed by atoms with Gasteiger partial charge in [-0.05, 0) is 48.9 Å². The first-order valence-electron chi connectivity index (χ1n) is 11.1. The van der Waals surface area contributed by atoms with E-state index in [0.29, 0.717) is 12.0 Å². The van der Waals surface area contributed by atoms with Crippen LogP contribution in [0, 0.1) is 5.82 Å². The molecule has 0 atom stereocenters. The van der Waals surface area contributed by atoms with Crippen molar-refractivity contribution in [2.24, 2.45) is 0 Å². The Labute approximate surface area is 218 Å². The monoisotopic (exact) mass is 552 g/mol. The molecule has 0 saturated carbocycles. The minimum atomic E-state index is -4.20. The normalized spacial score (nSPS) is 14.7. The van der Waals surface area contributed by atoms with Crippen LogP contribution in [0.15, 0.2) is 59.9 Å². The number of nitrogens with one attached hydrogen (secondary N) is 1. The van der Waals surface area contributed by atoms with E-state index in [2.05, 4.69) is 19.7 Å². The summed E-state index contributed by atoms with van der Waals surface area (Å²) < 4.78 is 49.7. The van der Waals surface area contributed by atoms with Crippen molar-refractivity contribution >= 4 is 54.4 Å². The Morgan fingerprint density at radius 1 is 1.00 bits per heavy atom. The number of hydrogen-bond acceptors (Lipinski definition) is 9. The molecule has 1 aromatic carbocycles. The molecule has 0 fully saturated rings. The second-order valence-electron chi connectivity index (χ2n) is 8.26. The summed E-state index contributed by atoms with van der Waals surface area (Å²) in [7, 11) is -2.82. The van der Waals surface area contributed by atoms with E-state index in [1.807, 2.05) is 18.2 Å². The Kier molecular flexibility index (Phi) is 5.74. The number of ketones is 1. The molecule has 0 aliphatic carbocycles. The smallest absolute Gasteiger partial charge is 0.262 e. The Balaban J connectivity index is 1.57. The molecule has 186 valence electrons. The fraction of sp³-hybridized carbons (Fsp3) is 0.120. The van der Waals surface area contributed by atoms with Gasteiger partial charge < -0.3 is 4.74 Å². The fourth-order valence-electron chi connectivity index (χ4n) is 4.09. The molecule has 1 N–H and O–H groups in total. The van der Waals surface area contributed by atoms with Gasteiger partial charge in [-0.15, -0.1) is 22.7 Å². The molecule has 0 saturated heterocycles. The predicted octanol–water partition coefficient (Wildman–Crippen LogP) is 5.56. The average molecular weight is 553 g/mol. The molecule has 6 rings (SSSR count). The molecule has 8 nitrogen and oxygen atoms in total. The fourth-order valence-corrected chi connectivity index (χ4v) is 7.34. The number of rotatable bonds is 1. The van der Waals surface area contributed by atoms with Gasteiger partial charge in [0.1, 0.15) is 23.5 Å². The summed E-state index contributed by atoms with van der Waals surface area (Å²) in [6.45, 7) is 0.